The average molecular weight is 430 g/mol. The zero-order chi connectivity index (χ0) is 21.3. The van der Waals surface area contributed by atoms with Crippen LogP contribution in [0.1, 0.15) is 43.7 Å². The van der Waals surface area contributed by atoms with Crippen molar-refractivity contribution < 1.29 is 19.1 Å². The summed E-state index contributed by atoms with van der Waals surface area (Å²) < 4.78 is 11.7. The van der Waals surface area contributed by atoms with Crippen LogP contribution in [0.15, 0.2) is 35.7 Å². The predicted molar refractivity (Wildman–Crippen MR) is 116 cm³/mol. The minimum atomic E-state index is -0.358. The highest BCUT2D eigenvalue weighted by atomic mass is 32.1. The summed E-state index contributed by atoms with van der Waals surface area (Å²) in [6, 6.07) is 8.90. The molecule has 0 bridgehead atoms. The molecule has 2 heterocycles. The number of amides is 3. The van der Waals surface area contributed by atoms with Crippen LogP contribution in [0.25, 0.3) is 0 Å². The maximum absolute atomic E-state index is 13.0. The maximum Gasteiger partial charge on any atom is 0.346 e. The fraction of sp³-hybridized carbons (Fsp3) is 0.455. The third kappa shape index (κ3) is 3.89. The normalized spacial score (nSPS) is 20.0. The number of rotatable bonds is 5. The number of methoxy groups -OCH3 is 1. The monoisotopic (exact) mass is 429 g/mol. The van der Waals surface area contributed by atoms with Crippen LogP contribution in [0.4, 0.5) is 9.80 Å². The second-order valence-electron chi connectivity index (χ2n) is 7.73. The van der Waals surface area contributed by atoms with Crippen LogP contribution >= 0.6 is 11.3 Å². The Morgan fingerprint density at radius 1 is 1.20 bits per heavy atom. The first-order chi connectivity index (χ1) is 14.5. The molecule has 3 amide bonds. The number of carbonyl (C=O) groups excluding carboxylic acids is 2. The number of benzene rings is 1. The molecule has 1 aliphatic heterocycles. The van der Waals surface area contributed by atoms with Gasteiger partial charge in [0.15, 0.2) is 11.5 Å². The number of urea groups is 1. The molecule has 1 saturated heterocycles. The van der Waals surface area contributed by atoms with Gasteiger partial charge in [-0.3, -0.25) is 9.69 Å². The minimum absolute atomic E-state index is 0.203. The van der Waals surface area contributed by atoms with Crippen molar-refractivity contribution in [1.29, 1.82) is 0 Å². The van der Waals surface area contributed by atoms with E-state index in [1.54, 1.807) is 26.2 Å². The first-order valence-corrected chi connectivity index (χ1v) is 11.1. The van der Waals surface area contributed by atoms with Crippen LogP contribution in [0.5, 0.6) is 11.5 Å². The molecule has 30 heavy (non-hydrogen) atoms. The zero-order valence-corrected chi connectivity index (χ0v) is 18.4. The molecule has 1 aromatic carbocycles. The van der Waals surface area contributed by atoms with Crippen molar-refractivity contribution in [3.05, 3.63) is 41.3 Å². The van der Waals surface area contributed by atoms with Gasteiger partial charge in [-0.1, -0.05) is 6.07 Å². The molecule has 0 N–H and O–H groups in total. The van der Waals surface area contributed by atoms with Crippen molar-refractivity contribution in [3.63, 3.8) is 0 Å². The van der Waals surface area contributed by atoms with Crippen molar-refractivity contribution in [2.24, 2.45) is 0 Å². The summed E-state index contributed by atoms with van der Waals surface area (Å²) in [4.78, 5) is 27.2. The summed E-state index contributed by atoms with van der Waals surface area (Å²) in [5.41, 5.74) is 0.925. The van der Waals surface area contributed by atoms with Gasteiger partial charge >= 0.3 is 6.03 Å². The SMILES string of the molecule is COc1ccc(C2CC(=O)N(C(=O)N(C)c3cccs3)N2C)cc1OC1CCCC1. The van der Waals surface area contributed by atoms with Crippen molar-refractivity contribution in [3.8, 4) is 11.5 Å². The summed E-state index contributed by atoms with van der Waals surface area (Å²) >= 11 is 1.46. The zero-order valence-electron chi connectivity index (χ0n) is 17.5. The molecule has 2 aromatic rings. The number of thiophene rings is 1. The molecule has 0 spiro atoms. The number of hydrogen-bond donors (Lipinski definition) is 0. The second kappa shape index (κ2) is 8.65. The van der Waals surface area contributed by atoms with E-state index in [1.807, 2.05) is 35.7 Å². The van der Waals surface area contributed by atoms with Crippen molar-refractivity contribution in [2.45, 2.75) is 44.2 Å². The summed E-state index contributed by atoms with van der Waals surface area (Å²) in [5.74, 6) is 1.16. The third-order valence-corrected chi connectivity index (χ3v) is 6.79. The number of hydrazine groups is 1. The highest BCUT2D eigenvalue weighted by Gasteiger charge is 2.41. The first kappa shape index (κ1) is 20.7. The fourth-order valence-corrected chi connectivity index (χ4v) is 4.84. The van der Waals surface area contributed by atoms with E-state index in [1.165, 1.54) is 34.1 Å². The maximum atomic E-state index is 13.0. The Bertz CT molecular complexity index is 911. The number of nitrogens with zero attached hydrogens (tertiary/aromatic N) is 3. The van der Waals surface area contributed by atoms with E-state index >= 15 is 0 Å². The summed E-state index contributed by atoms with van der Waals surface area (Å²) in [7, 11) is 5.09. The highest BCUT2D eigenvalue weighted by molar-refractivity contribution is 7.14. The van der Waals surface area contributed by atoms with Crippen LogP contribution in [0, 0.1) is 0 Å². The predicted octanol–water partition coefficient (Wildman–Crippen LogP) is 4.45. The summed E-state index contributed by atoms with van der Waals surface area (Å²) in [6.45, 7) is 0. The van der Waals surface area contributed by atoms with Gasteiger partial charge < -0.3 is 9.47 Å². The molecule has 1 aromatic heterocycles. The molecule has 1 saturated carbocycles. The third-order valence-electron chi connectivity index (χ3n) is 5.84. The topological polar surface area (TPSA) is 62.3 Å². The molecule has 7 nitrogen and oxygen atoms in total. The number of anilines is 1. The van der Waals surface area contributed by atoms with Crippen LogP contribution in [0.3, 0.4) is 0 Å². The largest absolute Gasteiger partial charge is 0.493 e. The van der Waals surface area contributed by atoms with Crippen LogP contribution in [-0.4, -0.2) is 49.3 Å². The van der Waals surface area contributed by atoms with Crippen molar-refractivity contribution in [1.82, 2.24) is 10.0 Å². The highest BCUT2D eigenvalue weighted by Crippen LogP contribution is 2.39. The van der Waals surface area contributed by atoms with Gasteiger partial charge in [-0.05, 0) is 60.9 Å². The van der Waals surface area contributed by atoms with E-state index < -0.39 is 0 Å². The fourth-order valence-electron chi connectivity index (χ4n) is 4.15. The van der Waals surface area contributed by atoms with Gasteiger partial charge in [0, 0.05) is 14.1 Å². The number of hydrogen-bond acceptors (Lipinski definition) is 6. The van der Waals surface area contributed by atoms with E-state index in [2.05, 4.69) is 0 Å². The molecule has 8 heteroatoms. The summed E-state index contributed by atoms with van der Waals surface area (Å²) in [6.07, 6.45) is 4.90. The lowest BCUT2D eigenvalue weighted by Gasteiger charge is -2.30. The molecule has 1 aliphatic carbocycles. The minimum Gasteiger partial charge on any atom is -0.493 e. The molecular formula is C22H27N3O4S. The molecular weight excluding hydrogens is 402 g/mol. The molecule has 0 radical (unpaired) electrons. The molecule has 160 valence electrons. The van der Waals surface area contributed by atoms with E-state index in [0.717, 1.165) is 23.4 Å². The second-order valence-corrected chi connectivity index (χ2v) is 8.65. The van der Waals surface area contributed by atoms with Crippen LogP contribution in [0.2, 0.25) is 0 Å². The Morgan fingerprint density at radius 3 is 2.63 bits per heavy atom. The quantitative estimate of drug-likeness (QED) is 0.703. The van der Waals surface area contributed by atoms with Crippen LogP contribution < -0.4 is 14.4 Å². The van der Waals surface area contributed by atoms with Gasteiger partial charge in [-0.15, -0.1) is 11.3 Å². The van der Waals surface area contributed by atoms with E-state index in [9.17, 15) is 9.59 Å². The first-order valence-electron chi connectivity index (χ1n) is 10.2. The lowest BCUT2D eigenvalue weighted by atomic mass is 10.0. The van der Waals surface area contributed by atoms with Crippen molar-refractivity contribution in [2.75, 3.05) is 26.1 Å². The van der Waals surface area contributed by atoms with Gasteiger partial charge in [0.25, 0.3) is 0 Å². The molecule has 1 unspecified atom stereocenters. The Morgan fingerprint density at radius 2 is 1.97 bits per heavy atom. The lowest BCUT2D eigenvalue weighted by Crippen LogP contribution is -2.48. The van der Waals surface area contributed by atoms with E-state index in [4.69, 9.17) is 9.47 Å². The lowest BCUT2D eigenvalue weighted by molar-refractivity contribution is -0.131. The van der Waals surface area contributed by atoms with Gasteiger partial charge in [-0.25, -0.2) is 9.80 Å². The summed E-state index contributed by atoms with van der Waals surface area (Å²) in [5, 5.41) is 5.64. The average Bonchev–Trinajstić information content (AvgIpc) is 3.49. The van der Waals surface area contributed by atoms with Gasteiger partial charge in [0.05, 0.1) is 30.7 Å². The van der Waals surface area contributed by atoms with Crippen LogP contribution in [-0.2, 0) is 4.79 Å². The van der Waals surface area contributed by atoms with E-state index in [0.29, 0.717) is 11.5 Å². The number of carbonyl (C=O) groups is 2. The number of imide groups is 1. The van der Waals surface area contributed by atoms with Gasteiger partial charge in [0.1, 0.15) is 0 Å². The number of ether oxygens (including phenoxy) is 2. The Labute approximate surface area is 180 Å². The van der Waals surface area contributed by atoms with Gasteiger partial charge in [0.2, 0.25) is 5.91 Å². The molecule has 2 aliphatic rings. The van der Waals surface area contributed by atoms with Gasteiger partial charge in [-0.2, -0.15) is 5.01 Å². The molecule has 4 rings (SSSR count). The standard InChI is InChI=1S/C22H27N3O4S/c1-23(21-9-6-12-30-21)22(27)25-20(26)14-17(24(25)2)15-10-11-18(28-3)19(13-15)29-16-7-4-5-8-16/h6,9-13,16-17H,4-5,7-8,14H2,1-3H3. The Hall–Kier alpha value is -2.58. The van der Waals surface area contributed by atoms with E-state index in [-0.39, 0.29) is 30.5 Å². The Balaban J connectivity index is 1.55. The molecule has 1 atom stereocenters. The molecule has 2 fully saturated rings. The smallest absolute Gasteiger partial charge is 0.346 e. The Kier molecular flexibility index (Phi) is 5.97. The van der Waals surface area contributed by atoms with Crippen molar-refractivity contribution >= 4 is 28.3 Å².